The first-order valence-corrected chi connectivity index (χ1v) is 13.8. The van der Waals surface area contributed by atoms with Crippen molar-refractivity contribution in [2.75, 3.05) is 6.54 Å². The van der Waals surface area contributed by atoms with Gasteiger partial charge in [0.25, 0.3) is 5.91 Å². The Morgan fingerprint density at radius 2 is 1.41 bits per heavy atom. The zero-order chi connectivity index (χ0) is 30.5. The minimum absolute atomic E-state index is 0.0549. The highest BCUT2D eigenvalue weighted by atomic mass is 16.7. The molecule has 41 heavy (non-hydrogen) atoms. The van der Waals surface area contributed by atoms with Gasteiger partial charge in [-0.1, -0.05) is 24.3 Å². The molecule has 3 aliphatic heterocycles. The van der Waals surface area contributed by atoms with Crippen LogP contribution in [0.25, 0.3) is 6.08 Å². The van der Waals surface area contributed by atoms with Crippen LogP contribution in [0.2, 0.25) is 0 Å². The summed E-state index contributed by atoms with van der Waals surface area (Å²) >= 11 is 0. The molecule has 2 amide bonds. The second kappa shape index (κ2) is 10.5. The predicted octanol–water partition coefficient (Wildman–Crippen LogP) is 5.46. The number of carbonyl (C=O) groups excluding carboxylic acids is 4. The monoisotopic (exact) mass is 568 g/mol. The van der Waals surface area contributed by atoms with Crippen molar-refractivity contribution < 1.29 is 38.1 Å². The lowest BCUT2D eigenvalue weighted by Gasteiger charge is -2.50. The molecule has 2 unspecified atom stereocenters. The van der Waals surface area contributed by atoms with Gasteiger partial charge in [-0.25, -0.2) is 14.4 Å². The summed E-state index contributed by atoms with van der Waals surface area (Å²) in [6, 6.07) is 5.85. The first-order chi connectivity index (χ1) is 18.8. The van der Waals surface area contributed by atoms with Gasteiger partial charge in [0.15, 0.2) is 0 Å². The van der Waals surface area contributed by atoms with E-state index in [1.54, 1.807) is 92.7 Å². The lowest BCUT2D eigenvalue weighted by atomic mass is 9.79. The normalized spacial score (nSPS) is 22.4. The molecule has 1 aromatic rings. The predicted molar refractivity (Wildman–Crippen MR) is 151 cm³/mol. The fourth-order valence-corrected chi connectivity index (χ4v) is 5.16. The third-order valence-corrected chi connectivity index (χ3v) is 6.56. The van der Waals surface area contributed by atoms with Crippen LogP contribution in [0.4, 0.5) is 9.59 Å². The van der Waals surface area contributed by atoms with Gasteiger partial charge < -0.3 is 18.9 Å². The standard InChI is InChI=1S/C31H40N2O8/c1-29(2,3)39-26(35)23-19(13-10-18-11-14-21(15-12-18)38-28(37)41-31(7,8)9)16-20-17-32(27(36)40-30(4,5)6)24-22(20)33(23)25(24)34/h10-15,20,22,24H,16-17H2,1-9H3/t20?,22-,24?/m1/s1. The minimum Gasteiger partial charge on any atom is -0.455 e. The Kier molecular flexibility index (Phi) is 7.75. The van der Waals surface area contributed by atoms with Gasteiger partial charge in [-0.3, -0.25) is 14.6 Å². The van der Waals surface area contributed by atoms with E-state index in [1.807, 2.05) is 6.08 Å². The highest BCUT2D eigenvalue weighted by Crippen LogP contribution is 2.48. The second-order valence-corrected chi connectivity index (χ2v) is 13.6. The molecule has 0 N–H and O–H groups in total. The number of hydrogen-bond donors (Lipinski definition) is 0. The van der Waals surface area contributed by atoms with Crippen molar-refractivity contribution in [3.05, 3.63) is 47.2 Å². The molecule has 2 fully saturated rings. The lowest BCUT2D eigenvalue weighted by molar-refractivity contribution is -0.163. The van der Waals surface area contributed by atoms with Crippen LogP contribution in [0.3, 0.4) is 0 Å². The van der Waals surface area contributed by atoms with Crippen molar-refractivity contribution in [3.8, 4) is 5.75 Å². The van der Waals surface area contributed by atoms with Crippen molar-refractivity contribution >= 4 is 30.2 Å². The number of likely N-dealkylation sites (tertiary alicyclic amines) is 1. The van der Waals surface area contributed by atoms with Gasteiger partial charge in [0.1, 0.15) is 34.3 Å². The Hall–Kier alpha value is -3.82. The molecule has 0 radical (unpaired) electrons. The molecule has 0 saturated carbocycles. The van der Waals surface area contributed by atoms with E-state index < -0.39 is 41.1 Å². The molecular formula is C31H40N2O8. The van der Waals surface area contributed by atoms with Crippen molar-refractivity contribution in [1.29, 1.82) is 0 Å². The quantitative estimate of drug-likeness (QED) is 0.204. The van der Waals surface area contributed by atoms with E-state index in [9.17, 15) is 19.2 Å². The number of hydrogen-bond acceptors (Lipinski definition) is 8. The number of rotatable bonds is 4. The second-order valence-electron chi connectivity index (χ2n) is 13.6. The zero-order valence-corrected chi connectivity index (χ0v) is 25.3. The number of ether oxygens (including phenoxy) is 4. The van der Waals surface area contributed by atoms with Gasteiger partial charge in [0.05, 0.1) is 6.04 Å². The molecule has 0 aromatic heterocycles. The summed E-state index contributed by atoms with van der Waals surface area (Å²) in [5, 5.41) is 0. The molecule has 222 valence electrons. The number of nitrogens with zero attached hydrogens (tertiary/aromatic N) is 2. The maximum Gasteiger partial charge on any atom is 0.514 e. The van der Waals surface area contributed by atoms with Crippen LogP contribution in [-0.2, 0) is 23.8 Å². The van der Waals surface area contributed by atoms with E-state index in [-0.39, 0.29) is 23.6 Å². The van der Waals surface area contributed by atoms with Gasteiger partial charge in [-0.15, -0.1) is 0 Å². The highest BCUT2D eigenvalue weighted by Gasteiger charge is 2.64. The summed E-state index contributed by atoms with van der Waals surface area (Å²) in [5.74, 6) is -0.630. The maximum absolute atomic E-state index is 13.4. The first-order valence-electron chi connectivity index (χ1n) is 13.8. The van der Waals surface area contributed by atoms with E-state index in [1.165, 1.54) is 9.80 Å². The van der Waals surface area contributed by atoms with Crippen LogP contribution in [0.1, 0.15) is 74.3 Å². The molecule has 3 atom stereocenters. The van der Waals surface area contributed by atoms with Crippen LogP contribution in [0, 0.1) is 5.92 Å². The van der Waals surface area contributed by atoms with Crippen molar-refractivity contribution in [1.82, 2.24) is 9.80 Å². The number of esters is 1. The Balaban J connectivity index is 1.58. The fraction of sp³-hybridized carbons (Fsp3) is 0.548. The summed E-state index contributed by atoms with van der Waals surface area (Å²) in [7, 11) is 0. The summed E-state index contributed by atoms with van der Waals surface area (Å²) < 4.78 is 21.7. The topological polar surface area (TPSA) is 112 Å². The van der Waals surface area contributed by atoms with E-state index in [0.29, 0.717) is 24.3 Å². The molecule has 1 aromatic carbocycles. The summed E-state index contributed by atoms with van der Waals surface area (Å²) in [5.41, 5.74) is -0.486. The van der Waals surface area contributed by atoms with Crippen molar-refractivity contribution in [3.63, 3.8) is 0 Å². The van der Waals surface area contributed by atoms with E-state index in [0.717, 1.165) is 5.56 Å². The Labute approximate surface area is 241 Å². The maximum atomic E-state index is 13.4. The van der Waals surface area contributed by atoms with Gasteiger partial charge >= 0.3 is 18.2 Å². The van der Waals surface area contributed by atoms with Crippen LogP contribution in [-0.4, -0.2) is 69.4 Å². The summed E-state index contributed by atoms with van der Waals surface area (Å²) in [6.07, 6.45) is 2.78. The minimum atomic E-state index is -0.792. The molecule has 0 spiro atoms. The fourth-order valence-electron chi connectivity index (χ4n) is 5.16. The van der Waals surface area contributed by atoms with Crippen LogP contribution in [0.5, 0.6) is 5.75 Å². The molecule has 10 nitrogen and oxygen atoms in total. The van der Waals surface area contributed by atoms with E-state index in [4.69, 9.17) is 18.9 Å². The molecule has 3 heterocycles. The molecule has 2 saturated heterocycles. The Morgan fingerprint density at radius 3 is 1.98 bits per heavy atom. The van der Waals surface area contributed by atoms with Gasteiger partial charge in [0, 0.05) is 12.5 Å². The Bertz CT molecular complexity index is 1290. The van der Waals surface area contributed by atoms with Gasteiger partial charge in [-0.05, 0) is 92.0 Å². The Morgan fingerprint density at radius 1 is 0.829 bits per heavy atom. The summed E-state index contributed by atoms with van der Waals surface area (Å²) in [6.45, 7) is 16.3. The summed E-state index contributed by atoms with van der Waals surface area (Å²) in [4.78, 5) is 54.6. The van der Waals surface area contributed by atoms with Crippen LogP contribution >= 0.6 is 0 Å². The average Bonchev–Trinajstić information content (AvgIpc) is 3.16. The average molecular weight is 569 g/mol. The van der Waals surface area contributed by atoms with E-state index >= 15 is 0 Å². The number of benzene rings is 1. The first kappa shape index (κ1) is 30.1. The molecule has 3 aliphatic rings. The highest BCUT2D eigenvalue weighted by molar-refractivity contribution is 6.03. The molecule has 4 rings (SSSR count). The number of β-lactam (4-membered cyclic amide) rings is 1. The van der Waals surface area contributed by atoms with Crippen molar-refractivity contribution in [2.24, 2.45) is 5.92 Å². The third-order valence-electron chi connectivity index (χ3n) is 6.56. The molecule has 0 aliphatic carbocycles. The van der Waals surface area contributed by atoms with Crippen LogP contribution < -0.4 is 4.74 Å². The third kappa shape index (κ3) is 6.92. The number of allylic oxidation sites excluding steroid dienone is 2. The zero-order valence-electron chi connectivity index (χ0n) is 25.3. The molecular weight excluding hydrogens is 528 g/mol. The molecule has 0 bridgehead atoms. The lowest BCUT2D eigenvalue weighted by Crippen LogP contribution is -2.69. The van der Waals surface area contributed by atoms with Crippen molar-refractivity contribution in [2.45, 2.75) is 97.6 Å². The van der Waals surface area contributed by atoms with Gasteiger partial charge in [-0.2, -0.15) is 0 Å². The smallest absolute Gasteiger partial charge is 0.455 e. The number of carbonyl (C=O) groups is 4. The van der Waals surface area contributed by atoms with E-state index in [2.05, 4.69) is 0 Å². The van der Waals surface area contributed by atoms with Crippen LogP contribution in [0.15, 0.2) is 41.6 Å². The largest absolute Gasteiger partial charge is 0.514 e. The number of amides is 2. The van der Waals surface area contributed by atoms with Gasteiger partial charge in [0.2, 0.25) is 0 Å². The molecule has 10 heteroatoms. The SMILES string of the molecule is CC(C)(C)OC(=O)Oc1ccc(C=CC2=C(C(=O)OC(C)(C)C)N3C(=O)C4[C@H]3C(C2)CN4C(=O)OC(C)(C)C)cc1.